The highest BCUT2D eigenvalue weighted by molar-refractivity contribution is 5.89. The molecule has 24 heavy (non-hydrogen) atoms. The molecule has 6 heteroatoms. The lowest BCUT2D eigenvalue weighted by molar-refractivity contribution is -0.128. The van der Waals surface area contributed by atoms with Gasteiger partial charge in [0.05, 0.1) is 6.10 Å². The molecule has 1 aromatic rings. The molecule has 2 saturated heterocycles. The van der Waals surface area contributed by atoms with Crippen molar-refractivity contribution in [1.82, 2.24) is 9.80 Å². The second-order valence-corrected chi connectivity index (χ2v) is 6.50. The Labute approximate surface area is 142 Å². The largest absolute Gasteiger partial charge is 0.380 e. The topological polar surface area (TPSA) is 61.9 Å². The second kappa shape index (κ2) is 7.66. The van der Waals surface area contributed by atoms with Gasteiger partial charge in [-0.15, -0.1) is 0 Å². The second-order valence-electron chi connectivity index (χ2n) is 6.50. The summed E-state index contributed by atoms with van der Waals surface area (Å²) >= 11 is 0. The zero-order valence-corrected chi connectivity index (χ0v) is 14.2. The number of ether oxygens (including phenoxy) is 1. The third kappa shape index (κ3) is 4.06. The summed E-state index contributed by atoms with van der Waals surface area (Å²) in [7, 11) is 1.69. The fourth-order valence-electron chi connectivity index (χ4n) is 3.36. The molecule has 0 saturated carbocycles. The number of nitrogens with one attached hydrogen (secondary N) is 1. The number of carbonyl (C=O) groups is 2. The SMILES string of the molecule is CO[C@@H]1CCCN(C(=O)Nc2cccc(CN3CCCC3=O)c2)C1. The molecule has 0 unspecified atom stereocenters. The van der Waals surface area contributed by atoms with Crippen LogP contribution in [0.3, 0.4) is 0 Å². The summed E-state index contributed by atoms with van der Waals surface area (Å²) in [5.41, 5.74) is 1.81. The van der Waals surface area contributed by atoms with Crippen LogP contribution >= 0.6 is 0 Å². The summed E-state index contributed by atoms with van der Waals surface area (Å²) in [5.74, 6) is 0.211. The lowest BCUT2D eigenvalue weighted by Gasteiger charge is -2.32. The molecule has 2 aliphatic rings. The molecule has 1 atom stereocenters. The van der Waals surface area contributed by atoms with Gasteiger partial charge in [0.15, 0.2) is 0 Å². The van der Waals surface area contributed by atoms with Crippen molar-refractivity contribution in [2.24, 2.45) is 0 Å². The van der Waals surface area contributed by atoms with Crippen LogP contribution in [0.15, 0.2) is 24.3 Å². The molecule has 1 N–H and O–H groups in total. The Morgan fingerprint density at radius 3 is 2.96 bits per heavy atom. The summed E-state index contributed by atoms with van der Waals surface area (Å²) in [6, 6.07) is 7.64. The van der Waals surface area contributed by atoms with Crippen molar-refractivity contribution in [3.8, 4) is 0 Å². The molecule has 6 nitrogen and oxygen atoms in total. The van der Waals surface area contributed by atoms with E-state index in [1.54, 1.807) is 12.0 Å². The lowest BCUT2D eigenvalue weighted by atomic mass is 10.1. The van der Waals surface area contributed by atoms with Crippen molar-refractivity contribution in [3.63, 3.8) is 0 Å². The predicted octanol–water partition coefficient (Wildman–Crippen LogP) is 2.45. The van der Waals surface area contributed by atoms with Gasteiger partial charge in [0, 0.05) is 45.4 Å². The number of rotatable bonds is 4. The van der Waals surface area contributed by atoms with Crippen LogP contribution < -0.4 is 5.32 Å². The first-order valence-corrected chi connectivity index (χ1v) is 8.61. The van der Waals surface area contributed by atoms with E-state index in [-0.39, 0.29) is 18.0 Å². The first kappa shape index (κ1) is 16.8. The molecule has 0 aromatic heterocycles. The smallest absolute Gasteiger partial charge is 0.321 e. The van der Waals surface area contributed by atoms with Crippen LogP contribution in [0.1, 0.15) is 31.2 Å². The van der Waals surface area contributed by atoms with Crippen LogP contribution in [0, 0.1) is 0 Å². The number of carbonyl (C=O) groups excluding carboxylic acids is 2. The van der Waals surface area contributed by atoms with Gasteiger partial charge < -0.3 is 19.9 Å². The number of piperidine rings is 1. The van der Waals surface area contributed by atoms with Gasteiger partial charge in [0.1, 0.15) is 0 Å². The Morgan fingerprint density at radius 1 is 1.33 bits per heavy atom. The first-order valence-electron chi connectivity index (χ1n) is 8.61. The third-order valence-electron chi connectivity index (χ3n) is 4.72. The Kier molecular flexibility index (Phi) is 5.35. The fraction of sp³-hybridized carbons (Fsp3) is 0.556. The van der Waals surface area contributed by atoms with Gasteiger partial charge >= 0.3 is 6.03 Å². The van der Waals surface area contributed by atoms with Crippen molar-refractivity contribution in [1.29, 1.82) is 0 Å². The molecule has 2 heterocycles. The summed E-state index contributed by atoms with van der Waals surface area (Å²) in [4.78, 5) is 27.8. The maximum atomic E-state index is 12.4. The Hall–Kier alpha value is -2.08. The molecule has 0 bridgehead atoms. The van der Waals surface area contributed by atoms with E-state index < -0.39 is 0 Å². The standard InChI is InChI=1S/C18H25N3O3/c1-24-16-7-3-10-21(13-16)18(23)19-15-6-2-5-14(11-15)12-20-9-4-8-17(20)22/h2,5-6,11,16H,3-4,7-10,12-13H2,1H3,(H,19,23)/t16-/m1/s1. The molecule has 0 aliphatic carbocycles. The summed E-state index contributed by atoms with van der Waals surface area (Å²) in [6.07, 6.45) is 3.66. The van der Waals surface area contributed by atoms with Gasteiger partial charge in [-0.1, -0.05) is 12.1 Å². The number of hydrogen-bond donors (Lipinski definition) is 1. The Morgan fingerprint density at radius 2 is 2.21 bits per heavy atom. The molecular weight excluding hydrogens is 306 g/mol. The first-order chi connectivity index (χ1) is 11.7. The van der Waals surface area contributed by atoms with E-state index in [4.69, 9.17) is 4.74 Å². The van der Waals surface area contributed by atoms with E-state index in [1.165, 1.54) is 0 Å². The summed E-state index contributed by atoms with van der Waals surface area (Å²) < 4.78 is 5.37. The van der Waals surface area contributed by atoms with E-state index in [2.05, 4.69) is 5.32 Å². The van der Waals surface area contributed by atoms with Gasteiger partial charge in [0.25, 0.3) is 0 Å². The van der Waals surface area contributed by atoms with Crippen LogP contribution in [0.4, 0.5) is 10.5 Å². The Bertz CT molecular complexity index is 605. The van der Waals surface area contributed by atoms with Gasteiger partial charge in [-0.3, -0.25) is 4.79 Å². The average molecular weight is 331 g/mol. The van der Waals surface area contributed by atoms with Crippen molar-refractivity contribution < 1.29 is 14.3 Å². The van der Waals surface area contributed by atoms with Crippen molar-refractivity contribution in [3.05, 3.63) is 29.8 Å². The quantitative estimate of drug-likeness (QED) is 0.922. The lowest BCUT2D eigenvalue weighted by Crippen LogP contribution is -2.44. The van der Waals surface area contributed by atoms with Crippen LogP contribution in [0.5, 0.6) is 0 Å². The molecule has 0 radical (unpaired) electrons. The zero-order valence-electron chi connectivity index (χ0n) is 14.2. The molecule has 130 valence electrons. The number of amides is 3. The molecule has 2 fully saturated rings. The monoisotopic (exact) mass is 331 g/mol. The summed E-state index contributed by atoms with van der Waals surface area (Å²) in [5, 5.41) is 2.96. The minimum absolute atomic E-state index is 0.0915. The fourth-order valence-corrected chi connectivity index (χ4v) is 3.36. The third-order valence-corrected chi connectivity index (χ3v) is 4.72. The molecule has 3 rings (SSSR count). The van der Waals surface area contributed by atoms with Crippen molar-refractivity contribution in [2.45, 2.75) is 38.3 Å². The van der Waals surface area contributed by atoms with Gasteiger partial charge in [0.2, 0.25) is 5.91 Å². The molecule has 1 aromatic carbocycles. The highest BCUT2D eigenvalue weighted by Gasteiger charge is 2.24. The van der Waals surface area contributed by atoms with Crippen LogP contribution in [0.25, 0.3) is 0 Å². The highest BCUT2D eigenvalue weighted by Crippen LogP contribution is 2.18. The van der Waals surface area contributed by atoms with Gasteiger partial charge in [-0.2, -0.15) is 0 Å². The molecule has 0 spiro atoms. The number of anilines is 1. The van der Waals surface area contributed by atoms with E-state index in [9.17, 15) is 9.59 Å². The van der Waals surface area contributed by atoms with Crippen LogP contribution in [-0.4, -0.2) is 54.6 Å². The number of likely N-dealkylation sites (tertiary alicyclic amines) is 2. The predicted molar refractivity (Wildman–Crippen MR) is 91.7 cm³/mol. The Balaban J connectivity index is 1.59. The zero-order chi connectivity index (χ0) is 16.9. The van der Waals surface area contributed by atoms with Crippen LogP contribution in [0.2, 0.25) is 0 Å². The molecule has 2 aliphatic heterocycles. The highest BCUT2D eigenvalue weighted by atomic mass is 16.5. The van der Waals surface area contributed by atoms with E-state index in [1.807, 2.05) is 29.2 Å². The van der Waals surface area contributed by atoms with E-state index in [0.29, 0.717) is 19.5 Å². The van der Waals surface area contributed by atoms with Crippen LogP contribution in [-0.2, 0) is 16.1 Å². The number of hydrogen-bond acceptors (Lipinski definition) is 3. The van der Waals surface area contributed by atoms with Gasteiger partial charge in [-0.25, -0.2) is 4.79 Å². The van der Waals surface area contributed by atoms with Crippen molar-refractivity contribution >= 4 is 17.6 Å². The number of urea groups is 1. The summed E-state index contributed by atoms with van der Waals surface area (Å²) in [6.45, 7) is 2.82. The average Bonchev–Trinajstić information content (AvgIpc) is 3.00. The van der Waals surface area contributed by atoms with Gasteiger partial charge in [-0.05, 0) is 37.0 Å². The minimum atomic E-state index is -0.0915. The normalized spacial score (nSPS) is 21.2. The van der Waals surface area contributed by atoms with Crippen molar-refractivity contribution in [2.75, 3.05) is 32.1 Å². The number of nitrogens with zero attached hydrogens (tertiary/aromatic N) is 2. The minimum Gasteiger partial charge on any atom is -0.380 e. The number of methoxy groups -OCH3 is 1. The van der Waals surface area contributed by atoms with E-state index >= 15 is 0 Å². The number of benzene rings is 1. The maximum absolute atomic E-state index is 12.4. The molecular formula is C18H25N3O3. The maximum Gasteiger partial charge on any atom is 0.321 e. The molecule has 3 amide bonds. The van der Waals surface area contributed by atoms with E-state index in [0.717, 1.165) is 43.6 Å².